The molecule has 130 valence electrons. The van der Waals surface area contributed by atoms with Crippen LogP contribution in [0.1, 0.15) is 37.8 Å². The summed E-state index contributed by atoms with van der Waals surface area (Å²) >= 11 is 0. The number of nitrogens with one attached hydrogen (secondary N) is 1. The first-order valence-electron chi connectivity index (χ1n) is 8.26. The number of nitrogens with two attached hydrogens (primary N) is 1. The van der Waals surface area contributed by atoms with Gasteiger partial charge in [-0.1, -0.05) is 0 Å². The van der Waals surface area contributed by atoms with Gasteiger partial charge < -0.3 is 4.98 Å². The van der Waals surface area contributed by atoms with Gasteiger partial charge in [-0.3, -0.25) is 9.78 Å². The van der Waals surface area contributed by atoms with Crippen LogP contribution in [-0.4, -0.2) is 27.5 Å². The van der Waals surface area contributed by atoms with E-state index in [0.29, 0.717) is 18.5 Å². The van der Waals surface area contributed by atoms with Gasteiger partial charge >= 0.3 is 0 Å². The van der Waals surface area contributed by atoms with Crippen molar-refractivity contribution in [2.75, 3.05) is 5.01 Å². The Morgan fingerprint density at radius 3 is 2.96 bits per heavy atom. The van der Waals surface area contributed by atoms with Gasteiger partial charge in [-0.15, -0.1) is 0 Å². The summed E-state index contributed by atoms with van der Waals surface area (Å²) in [6.45, 7) is 1.82. The molecule has 0 radical (unpaired) electrons. The number of hydrogen-bond acceptors (Lipinski definition) is 5. The van der Waals surface area contributed by atoms with Crippen molar-refractivity contribution < 1.29 is 9.59 Å². The third-order valence-corrected chi connectivity index (χ3v) is 5.09. The number of H-pyrrole nitrogens is 1. The lowest BCUT2D eigenvalue weighted by Gasteiger charge is -2.40. The summed E-state index contributed by atoms with van der Waals surface area (Å²) < 4.78 is 0. The molecule has 3 atom stereocenters. The van der Waals surface area contributed by atoms with Crippen molar-refractivity contribution in [1.82, 2.24) is 9.97 Å². The van der Waals surface area contributed by atoms with Crippen LogP contribution in [0.4, 0.5) is 5.69 Å². The molecular formula is C18H21N5O2. The van der Waals surface area contributed by atoms with Crippen LogP contribution in [-0.2, 0) is 9.59 Å². The molecule has 1 amide bonds. The zero-order valence-corrected chi connectivity index (χ0v) is 14.1. The predicted molar refractivity (Wildman–Crippen MR) is 93.3 cm³/mol. The van der Waals surface area contributed by atoms with Gasteiger partial charge in [0.05, 0.1) is 23.3 Å². The molecule has 1 saturated carbocycles. The summed E-state index contributed by atoms with van der Waals surface area (Å²) in [6.07, 6.45) is 8.67. The largest absolute Gasteiger partial charge is 0.365 e. The van der Waals surface area contributed by atoms with E-state index in [9.17, 15) is 9.59 Å². The Labute approximate surface area is 145 Å². The van der Waals surface area contributed by atoms with E-state index in [0.717, 1.165) is 17.1 Å². The van der Waals surface area contributed by atoms with Crippen molar-refractivity contribution in [3.63, 3.8) is 0 Å². The first-order chi connectivity index (χ1) is 12.0. The van der Waals surface area contributed by atoms with Gasteiger partial charge in [0.15, 0.2) is 0 Å². The van der Waals surface area contributed by atoms with E-state index >= 15 is 0 Å². The number of aromatic nitrogens is 2. The first kappa shape index (κ1) is 17.1. The SMILES string of the molecule is CC1(N=C=O)CCC(c2ccc[nH]2)CC1C(=O)N(N)c1cccnc1. The maximum atomic E-state index is 13.1. The zero-order chi connectivity index (χ0) is 17.9. The van der Waals surface area contributed by atoms with Crippen molar-refractivity contribution in [1.29, 1.82) is 0 Å². The number of amides is 1. The van der Waals surface area contributed by atoms with Crippen molar-refractivity contribution >= 4 is 17.7 Å². The van der Waals surface area contributed by atoms with Crippen molar-refractivity contribution in [3.05, 3.63) is 48.5 Å². The molecule has 7 nitrogen and oxygen atoms in total. The lowest BCUT2D eigenvalue weighted by atomic mass is 9.68. The molecule has 2 heterocycles. The molecule has 1 aliphatic carbocycles. The summed E-state index contributed by atoms with van der Waals surface area (Å²) in [5, 5.41) is 1.10. The van der Waals surface area contributed by atoms with Crippen LogP contribution in [0.15, 0.2) is 47.8 Å². The Kier molecular flexibility index (Phi) is 4.79. The number of aromatic amines is 1. The normalized spacial score (nSPS) is 25.8. The monoisotopic (exact) mass is 339 g/mol. The van der Waals surface area contributed by atoms with E-state index in [4.69, 9.17) is 5.84 Å². The molecule has 1 aliphatic rings. The highest BCUT2D eigenvalue weighted by Gasteiger charge is 2.46. The van der Waals surface area contributed by atoms with Crippen LogP contribution in [0.25, 0.3) is 0 Å². The van der Waals surface area contributed by atoms with Crippen molar-refractivity contribution in [2.24, 2.45) is 16.8 Å². The Balaban J connectivity index is 1.89. The van der Waals surface area contributed by atoms with Crippen LogP contribution in [0.3, 0.4) is 0 Å². The number of anilines is 1. The quantitative estimate of drug-likeness (QED) is 0.293. The van der Waals surface area contributed by atoms with E-state index in [1.165, 1.54) is 6.20 Å². The van der Waals surface area contributed by atoms with Gasteiger partial charge in [-0.25, -0.2) is 15.6 Å². The van der Waals surface area contributed by atoms with Crippen LogP contribution in [0, 0.1) is 5.92 Å². The van der Waals surface area contributed by atoms with Gasteiger partial charge in [0.1, 0.15) is 0 Å². The summed E-state index contributed by atoms with van der Waals surface area (Å²) in [4.78, 5) is 35.2. The number of hydrazine groups is 1. The number of nitrogens with zero attached hydrogens (tertiary/aromatic N) is 3. The van der Waals surface area contributed by atoms with Crippen LogP contribution >= 0.6 is 0 Å². The smallest absolute Gasteiger partial charge is 0.246 e. The Bertz CT molecular complexity index is 770. The lowest BCUT2D eigenvalue weighted by Crippen LogP contribution is -2.51. The Hall–Kier alpha value is -2.76. The van der Waals surface area contributed by atoms with E-state index in [2.05, 4.69) is 15.0 Å². The van der Waals surface area contributed by atoms with Crippen LogP contribution < -0.4 is 10.9 Å². The fourth-order valence-corrected chi connectivity index (χ4v) is 3.57. The van der Waals surface area contributed by atoms with Crippen molar-refractivity contribution in [2.45, 2.75) is 37.6 Å². The molecule has 0 bridgehead atoms. The molecule has 2 aromatic heterocycles. The van der Waals surface area contributed by atoms with Gasteiger partial charge in [0, 0.05) is 18.1 Å². The fraction of sp³-hybridized carbons (Fsp3) is 0.389. The Morgan fingerprint density at radius 2 is 2.32 bits per heavy atom. The van der Waals surface area contributed by atoms with E-state index in [-0.39, 0.29) is 11.8 Å². The Morgan fingerprint density at radius 1 is 1.48 bits per heavy atom. The first-order valence-corrected chi connectivity index (χ1v) is 8.26. The molecule has 7 heteroatoms. The number of carbonyl (C=O) groups excluding carboxylic acids is 2. The summed E-state index contributed by atoms with van der Waals surface area (Å²) in [5.74, 6) is 5.46. The molecular weight excluding hydrogens is 318 g/mol. The van der Waals surface area contributed by atoms with Crippen LogP contribution in [0.2, 0.25) is 0 Å². The second kappa shape index (κ2) is 7.01. The minimum atomic E-state index is -0.804. The molecule has 0 spiro atoms. The second-order valence-electron chi connectivity index (χ2n) is 6.63. The molecule has 1 fully saturated rings. The number of pyridine rings is 1. The van der Waals surface area contributed by atoms with Crippen LogP contribution in [0.5, 0.6) is 0 Å². The molecule has 25 heavy (non-hydrogen) atoms. The summed E-state index contributed by atoms with van der Waals surface area (Å²) in [7, 11) is 0. The highest BCUT2D eigenvalue weighted by atomic mass is 16.2. The highest BCUT2D eigenvalue weighted by molar-refractivity contribution is 5.94. The molecule has 0 aliphatic heterocycles. The van der Waals surface area contributed by atoms with Gasteiger partial charge in [-0.2, -0.15) is 4.99 Å². The standard InChI is InChI=1S/C18H21N5O2/c1-18(22-12-24)7-6-13(16-5-3-9-21-16)10-15(18)17(25)23(19)14-4-2-8-20-11-14/h2-5,8-9,11,13,15,21H,6-7,10,19H2,1H3. The third-order valence-electron chi connectivity index (χ3n) is 5.09. The van der Waals surface area contributed by atoms with E-state index in [1.54, 1.807) is 24.4 Å². The third kappa shape index (κ3) is 3.38. The highest BCUT2D eigenvalue weighted by Crippen LogP contribution is 2.44. The molecule has 3 rings (SSSR count). The number of isocyanates is 1. The number of hydrogen-bond donors (Lipinski definition) is 2. The molecule has 3 N–H and O–H groups in total. The van der Waals surface area contributed by atoms with E-state index < -0.39 is 11.5 Å². The lowest BCUT2D eigenvalue weighted by molar-refractivity contribution is -0.125. The maximum Gasteiger partial charge on any atom is 0.246 e. The number of carbonyl (C=O) groups is 1. The second-order valence-corrected chi connectivity index (χ2v) is 6.63. The topological polar surface area (TPSA) is 104 Å². The maximum absolute atomic E-state index is 13.1. The average Bonchev–Trinajstić information content (AvgIpc) is 3.16. The fourth-order valence-electron chi connectivity index (χ4n) is 3.57. The molecule has 2 aromatic rings. The molecule has 0 aromatic carbocycles. The summed E-state index contributed by atoms with van der Waals surface area (Å²) in [5.41, 5.74) is 0.786. The predicted octanol–water partition coefficient (Wildman–Crippen LogP) is 2.29. The van der Waals surface area contributed by atoms with Gasteiger partial charge in [0.25, 0.3) is 0 Å². The number of aliphatic imine (C=N–C) groups is 1. The van der Waals surface area contributed by atoms with Gasteiger partial charge in [-0.05, 0) is 56.4 Å². The van der Waals surface area contributed by atoms with Gasteiger partial charge in [0.2, 0.25) is 12.0 Å². The minimum Gasteiger partial charge on any atom is -0.365 e. The minimum absolute atomic E-state index is 0.196. The molecule has 0 saturated heterocycles. The number of rotatable bonds is 4. The van der Waals surface area contributed by atoms with E-state index in [1.807, 2.05) is 25.3 Å². The van der Waals surface area contributed by atoms with Crippen molar-refractivity contribution in [3.8, 4) is 0 Å². The zero-order valence-electron chi connectivity index (χ0n) is 14.1. The molecule has 3 unspecified atom stereocenters. The average molecular weight is 339 g/mol. The summed E-state index contributed by atoms with van der Waals surface area (Å²) in [6, 6.07) is 7.39.